The zero-order valence-corrected chi connectivity index (χ0v) is 4.80. The Labute approximate surface area is 54.9 Å². The van der Waals surface area contributed by atoms with Crippen molar-refractivity contribution >= 4 is 6.21 Å². The second kappa shape index (κ2) is 2.45. The predicted molar refractivity (Wildman–Crippen MR) is 26.4 cm³/mol. The predicted octanol–water partition coefficient (Wildman–Crippen LogP) is 0.495. The summed E-state index contributed by atoms with van der Waals surface area (Å²) >= 11 is 0. The quantitative estimate of drug-likeness (QED) is 0.540. The van der Waals surface area contributed by atoms with E-state index in [1.807, 2.05) is 0 Å². The monoisotopic (exact) mass is 153 g/mol. The molecule has 6 heteroatoms. The van der Waals surface area contributed by atoms with Gasteiger partial charge in [-0.3, -0.25) is 4.74 Å². The molecule has 10 heavy (non-hydrogen) atoms. The minimum Gasteiger partial charge on any atom is -0.281 e. The Bertz CT molecular complexity index is 144. The first-order chi connectivity index (χ1) is 4.58. The Morgan fingerprint density at radius 1 is 1.50 bits per heavy atom. The van der Waals surface area contributed by atoms with E-state index in [2.05, 4.69) is 15.3 Å². The van der Waals surface area contributed by atoms with Gasteiger partial charge in [-0.25, -0.2) is 0 Å². The van der Waals surface area contributed by atoms with Gasteiger partial charge in [0.25, 0.3) is 0 Å². The van der Waals surface area contributed by atoms with Gasteiger partial charge < -0.3 is 0 Å². The lowest BCUT2D eigenvalue weighted by Gasteiger charge is -2.09. The highest BCUT2D eigenvalue weighted by Gasteiger charge is 2.34. The summed E-state index contributed by atoms with van der Waals surface area (Å²) in [5, 5.41) is 3.22. The van der Waals surface area contributed by atoms with E-state index in [9.17, 15) is 13.2 Å². The van der Waals surface area contributed by atoms with Crippen molar-refractivity contribution in [3.8, 4) is 0 Å². The lowest BCUT2D eigenvalue weighted by atomic mass is 10.4. The molecule has 1 aliphatic heterocycles. The van der Waals surface area contributed by atoms with Crippen LogP contribution in [0.25, 0.3) is 0 Å². The molecule has 0 saturated carbocycles. The van der Waals surface area contributed by atoms with Crippen LogP contribution < -0.4 is 5.43 Å². The number of halogens is 3. The third-order valence-corrected chi connectivity index (χ3v) is 0.861. The van der Waals surface area contributed by atoms with E-state index in [-0.39, 0.29) is 6.54 Å². The summed E-state index contributed by atoms with van der Waals surface area (Å²) in [6, 6.07) is 0. The molecule has 3 nitrogen and oxygen atoms in total. The van der Waals surface area contributed by atoms with Crippen LogP contribution in [-0.4, -0.2) is 25.2 Å². The molecule has 1 heterocycles. The van der Waals surface area contributed by atoms with E-state index in [0.29, 0.717) is 0 Å². The molecule has 1 atom stereocenters. The SMILES string of the molecule is FC(F)(F)OC1C=N[N]C1. The number of ether oxygens (including phenoxy) is 1. The molecule has 0 fully saturated rings. The second-order valence-corrected chi connectivity index (χ2v) is 1.69. The average Bonchev–Trinajstić information content (AvgIpc) is 2.12. The van der Waals surface area contributed by atoms with Crippen LogP contribution in [0.1, 0.15) is 0 Å². The number of rotatable bonds is 1. The molecule has 0 N–H and O–H groups in total. The molecule has 1 radical (unpaired) electrons. The van der Waals surface area contributed by atoms with Gasteiger partial charge in [0.2, 0.25) is 0 Å². The fourth-order valence-corrected chi connectivity index (χ4v) is 0.536. The molecule has 0 spiro atoms. The van der Waals surface area contributed by atoms with Crippen molar-refractivity contribution in [2.45, 2.75) is 12.5 Å². The summed E-state index contributed by atoms with van der Waals surface area (Å²) in [6.45, 7) is -0.0422. The largest absolute Gasteiger partial charge is 0.523 e. The minimum atomic E-state index is -4.59. The highest BCUT2D eigenvalue weighted by Crippen LogP contribution is 2.18. The number of hydrogen-bond donors (Lipinski definition) is 0. The Hall–Kier alpha value is -0.780. The fourth-order valence-electron chi connectivity index (χ4n) is 0.536. The van der Waals surface area contributed by atoms with Crippen molar-refractivity contribution in [1.29, 1.82) is 0 Å². The van der Waals surface area contributed by atoms with Gasteiger partial charge in [-0.15, -0.1) is 13.2 Å². The van der Waals surface area contributed by atoms with Gasteiger partial charge in [-0.1, -0.05) is 0 Å². The van der Waals surface area contributed by atoms with Crippen molar-refractivity contribution in [1.82, 2.24) is 5.43 Å². The van der Waals surface area contributed by atoms with Gasteiger partial charge in [0, 0.05) is 0 Å². The van der Waals surface area contributed by atoms with Crippen LogP contribution >= 0.6 is 0 Å². The first kappa shape index (κ1) is 7.33. The number of hydrogen-bond acceptors (Lipinski definition) is 2. The van der Waals surface area contributed by atoms with Gasteiger partial charge in [-0.2, -0.15) is 10.5 Å². The maximum atomic E-state index is 11.4. The first-order valence-electron chi connectivity index (χ1n) is 2.52. The molecular weight excluding hydrogens is 149 g/mol. The van der Waals surface area contributed by atoms with Crippen LogP contribution in [0, 0.1) is 0 Å². The van der Waals surface area contributed by atoms with Crippen molar-refractivity contribution in [3.05, 3.63) is 0 Å². The Morgan fingerprint density at radius 2 is 2.20 bits per heavy atom. The normalized spacial score (nSPS) is 24.9. The van der Waals surface area contributed by atoms with Gasteiger partial charge in [0.05, 0.1) is 12.8 Å². The van der Waals surface area contributed by atoms with E-state index in [1.54, 1.807) is 0 Å². The van der Waals surface area contributed by atoms with E-state index < -0.39 is 12.5 Å². The summed E-state index contributed by atoms with van der Waals surface area (Å²) < 4.78 is 37.7. The third kappa shape index (κ3) is 2.22. The second-order valence-electron chi connectivity index (χ2n) is 1.69. The molecule has 0 aromatic carbocycles. The van der Waals surface area contributed by atoms with Gasteiger partial charge >= 0.3 is 6.36 Å². The molecule has 0 amide bonds. The molecule has 57 valence electrons. The lowest BCUT2D eigenvalue weighted by molar-refractivity contribution is -0.331. The Morgan fingerprint density at radius 3 is 2.60 bits per heavy atom. The molecule has 1 unspecified atom stereocenters. The highest BCUT2D eigenvalue weighted by atomic mass is 19.4. The number of alkyl halides is 3. The van der Waals surface area contributed by atoms with E-state index in [4.69, 9.17) is 0 Å². The van der Waals surface area contributed by atoms with Crippen molar-refractivity contribution in [2.75, 3.05) is 6.54 Å². The minimum absolute atomic E-state index is 0.0422. The molecular formula is C4H4F3N2O. The van der Waals surface area contributed by atoms with Gasteiger partial charge in [0.15, 0.2) is 0 Å². The molecule has 1 aliphatic rings. The summed E-state index contributed by atoms with van der Waals surface area (Å²) in [4.78, 5) is 0. The number of nitrogens with zero attached hydrogens (tertiary/aromatic N) is 2. The highest BCUT2D eigenvalue weighted by molar-refractivity contribution is 5.64. The smallest absolute Gasteiger partial charge is 0.281 e. The molecule has 0 saturated heterocycles. The zero-order valence-electron chi connectivity index (χ0n) is 4.80. The van der Waals surface area contributed by atoms with Crippen LogP contribution in [0.15, 0.2) is 5.10 Å². The van der Waals surface area contributed by atoms with E-state index >= 15 is 0 Å². The Kier molecular flexibility index (Phi) is 1.80. The van der Waals surface area contributed by atoms with Crippen LogP contribution in [0.4, 0.5) is 13.2 Å². The van der Waals surface area contributed by atoms with Crippen molar-refractivity contribution in [3.63, 3.8) is 0 Å². The van der Waals surface area contributed by atoms with Crippen LogP contribution in [-0.2, 0) is 4.74 Å². The standard InChI is InChI=1S/C4H4F3N2O/c5-4(6,7)10-3-1-8-9-2-3/h1,3H,2H2. The maximum absolute atomic E-state index is 11.4. The van der Waals surface area contributed by atoms with Crippen LogP contribution in [0.2, 0.25) is 0 Å². The van der Waals surface area contributed by atoms with Gasteiger partial charge in [-0.05, 0) is 0 Å². The first-order valence-corrected chi connectivity index (χ1v) is 2.52. The molecule has 0 aliphatic carbocycles. The topological polar surface area (TPSA) is 35.7 Å². The Balaban J connectivity index is 2.31. The average molecular weight is 153 g/mol. The maximum Gasteiger partial charge on any atom is 0.523 e. The molecule has 1 rings (SSSR count). The summed E-state index contributed by atoms with van der Waals surface area (Å²) in [7, 11) is 0. The lowest BCUT2D eigenvalue weighted by Crippen LogP contribution is -2.26. The zero-order chi connectivity index (χ0) is 7.61. The van der Waals surface area contributed by atoms with Crippen molar-refractivity contribution < 1.29 is 17.9 Å². The van der Waals surface area contributed by atoms with E-state index in [1.165, 1.54) is 0 Å². The molecule has 0 bridgehead atoms. The summed E-state index contributed by atoms with van der Waals surface area (Å²) in [5.41, 5.74) is 3.29. The summed E-state index contributed by atoms with van der Waals surface area (Å²) in [6.07, 6.45) is -4.59. The molecule has 0 aromatic rings. The summed E-state index contributed by atoms with van der Waals surface area (Å²) in [5.74, 6) is 0. The van der Waals surface area contributed by atoms with Crippen molar-refractivity contribution in [2.24, 2.45) is 5.10 Å². The third-order valence-electron chi connectivity index (χ3n) is 0.861. The fraction of sp³-hybridized carbons (Fsp3) is 0.750. The molecule has 0 aromatic heterocycles. The van der Waals surface area contributed by atoms with Gasteiger partial charge in [0.1, 0.15) is 6.10 Å². The van der Waals surface area contributed by atoms with Crippen LogP contribution in [0.5, 0.6) is 0 Å². The van der Waals surface area contributed by atoms with Crippen LogP contribution in [0.3, 0.4) is 0 Å². The van der Waals surface area contributed by atoms with E-state index in [0.717, 1.165) is 6.21 Å².